The zero-order valence-electron chi connectivity index (χ0n) is 17.2. The summed E-state index contributed by atoms with van der Waals surface area (Å²) >= 11 is 0. The quantitative estimate of drug-likeness (QED) is 0.607. The van der Waals surface area contributed by atoms with Gasteiger partial charge in [-0.05, 0) is 42.2 Å². The summed E-state index contributed by atoms with van der Waals surface area (Å²) in [6.45, 7) is 8.81. The molecule has 1 heterocycles. The summed E-state index contributed by atoms with van der Waals surface area (Å²) in [5.74, 6) is 0.742. The third-order valence-corrected chi connectivity index (χ3v) is 4.30. The molecule has 1 amide bonds. The van der Waals surface area contributed by atoms with Crippen LogP contribution in [-0.2, 0) is 5.41 Å². The van der Waals surface area contributed by atoms with E-state index in [0.29, 0.717) is 18.3 Å². The van der Waals surface area contributed by atoms with Crippen molar-refractivity contribution in [3.8, 4) is 5.75 Å². The first-order valence-electron chi connectivity index (χ1n) is 9.61. The van der Waals surface area contributed by atoms with Crippen molar-refractivity contribution in [2.75, 3.05) is 17.2 Å². The summed E-state index contributed by atoms with van der Waals surface area (Å²) < 4.78 is 5.61. The van der Waals surface area contributed by atoms with Gasteiger partial charge in [-0.3, -0.25) is 4.79 Å². The number of anilines is 3. The molecule has 6 nitrogen and oxygen atoms in total. The van der Waals surface area contributed by atoms with Crippen LogP contribution in [0.5, 0.6) is 5.75 Å². The highest BCUT2D eigenvalue weighted by Gasteiger charge is 2.19. The number of para-hydroxylation sites is 3. The van der Waals surface area contributed by atoms with Crippen LogP contribution in [0.4, 0.5) is 17.3 Å². The molecule has 150 valence electrons. The molecule has 0 atom stereocenters. The molecule has 0 radical (unpaired) electrons. The van der Waals surface area contributed by atoms with Crippen LogP contribution in [0.25, 0.3) is 0 Å². The highest BCUT2D eigenvalue weighted by Crippen LogP contribution is 2.30. The van der Waals surface area contributed by atoms with E-state index in [0.717, 1.165) is 16.9 Å². The zero-order valence-corrected chi connectivity index (χ0v) is 17.2. The summed E-state index contributed by atoms with van der Waals surface area (Å²) in [6.07, 6.45) is 1.56. The SMILES string of the molecule is CCOc1ccccc1Nc1nccc(C(=O)Nc2ccccc2C(C)(C)C)n1. The van der Waals surface area contributed by atoms with Crippen LogP contribution >= 0.6 is 0 Å². The van der Waals surface area contributed by atoms with E-state index in [1.54, 1.807) is 12.3 Å². The van der Waals surface area contributed by atoms with Crippen LogP contribution in [0.2, 0.25) is 0 Å². The number of aromatic nitrogens is 2. The van der Waals surface area contributed by atoms with Crippen molar-refractivity contribution in [3.63, 3.8) is 0 Å². The Bertz CT molecular complexity index is 996. The van der Waals surface area contributed by atoms with E-state index in [1.165, 1.54) is 0 Å². The first kappa shape index (κ1) is 20.3. The Balaban J connectivity index is 1.81. The van der Waals surface area contributed by atoms with Gasteiger partial charge in [-0.15, -0.1) is 0 Å². The van der Waals surface area contributed by atoms with Crippen LogP contribution in [0.1, 0.15) is 43.7 Å². The Morgan fingerprint density at radius 1 is 1.00 bits per heavy atom. The highest BCUT2D eigenvalue weighted by atomic mass is 16.5. The van der Waals surface area contributed by atoms with Crippen molar-refractivity contribution in [1.82, 2.24) is 9.97 Å². The second kappa shape index (κ2) is 8.73. The number of carbonyl (C=O) groups excluding carboxylic acids is 1. The fourth-order valence-corrected chi connectivity index (χ4v) is 2.95. The third kappa shape index (κ3) is 5.10. The van der Waals surface area contributed by atoms with Gasteiger partial charge in [0.2, 0.25) is 5.95 Å². The molecule has 2 N–H and O–H groups in total. The topological polar surface area (TPSA) is 76.1 Å². The molecule has 3 aromatic rings. The first-order chi connectivity index (χ1) is 13.9. The molecule has 3 rings (SSSR count). The standard InChI is InChI=1S/C23H26N4O2/c1-5-29-20-13-9-8-12-18(20)26-22-24-15-14-19(27-22)21(28)25-17-11-7-6-10-16(17)23(2,3)4/h6-15H,5H2,1-4H3,(H,25,28)(H,24,26,27). The van der Waals surface area contributed by atoms with Crippen LogP contribution in [0.15, 0.2) is 60.8 Å². The Hall–Kier alpha value is -3.41. The number of hydrogen-bond acceptors (Lipinski definition) is 5. The summed E-state index contributed by atoms with van der Waals surface area (Å²) in [5, 5.41) is 6.10. The average Bonchev–Trinajstić information content (AvgIpc) is 2.69. The molecule has 0 bridgehead atoms. The van der Waals surface area contributed by atoms with Gasteiger partial charge in [-0.2, -0.15) is 0 Å². The monoisotopic (exact) mass is 390 g/mol. The lowest BCUT2D eigenvalue weighted by atomic mass is 9.86. The number of benzene rings is 2. The maximum Gasteiger partial charge on any atom is 0.274 e. The number of rotatable bonds is 6. The third-order valence-electron chi connectivity index (χ3n) is 4.30. The smallest absolute Gasteiger partial charge is 0.274 e. The minimum atomic E-state index is -0.287. The van der Waals surface area contributed by atoms with E-state index >= 15 is 0 Å². The Morgan fingerprint density at radius 2 is 1.69 bits per heavy atom. The molecule has 0 saturated carbocycles. The van der Waals surface area contributed by atoms with Gasteiger partial charge in [-0.25, -0.2) is 9.97 Å². The molecule has 29 heavy (non-hydrogen) atoms. The summed E-state index contributed by atoms with van der Waals surface area (Å²) in [5.41, 5.74) is 2.77. The largest absolute Gasteiger partial charge is 0.492 e. The van der Waals surface area contributed by atoms with Crippen molar-refractivity contribution in [2.45, 2.75) is 33.1 Å². The van der Waals surface area contributed by atoms with Crippen molar-refractivity contribution in [3.05, 3.63) is 72.1 Å². The minimum absolute atomic E-state index is 0.0920. The lowest BCUT2D eigenvalue weighted by Crippen LogP contribution is -2.19. The number of carbonyl (C=O) groups is 1. The average molecular weight is 390 g/mol. The van der Waals surface area contributed by atoms with E-state index in [-0.39, 0.29) is 17.0 Å². The molecule has 0 fully saturated rings. The zero-order chi connectivity index (χ0) is 20.9. The summed E-state index contributed by atoms with van der Waals surface area (Å²) in [7, 11) is 0. The molecule has 0 saturated heterocycles. The van der Waals surface area contributed by atoms with E-state index in [9.17, 15) is 4.79 Å². The molecule has 2 aromatic carbocycles. The summed E-state index contributed by atoms with van der Waals surface area (Å²) in [4.78, 5) is 21.4. The Kier molecular flexibility index (Phi) is 6.12. The predicted octanol–water partition coefficient (Wildman–Crippen LogP) is 5.17. The lowest BCUT2D eigenvalue weighted by Gasteiger charge is -2.22. The number of nitrogens with zero attached hydrogens (tertiary/aromatic N) is 2. The molecule has 6 heteroatoms. The summed E-state index contributed by atoms with van der Waals surface area (Å²) in [6, 6.07) is 16.9. The molecular weight excluding hydrogens is 364 g/mol. The molecule has 0 spiro atoms. The van der Waals surface area contributed by atoms with Gasteiger partial charge in [0, 0.05) is 11.9 Å². The highest BCUT2D eigenvalue weighted by molar-refractivity contribution is 6.03. The number of ether oxygens (including phenoxy) is 1. The molecule has 0 unspecified atom stereocenters. The fraction of sp³-hybridized carbons (Fsp3) is 0.261. The van der Waals surface area contributed by atoms with Gasteiger partial charge in [0.1, 0.15) is 11.4 Å². The van der Waals surface area contributed by atoms with E-state index in [4.69, 9.17) is 4.74 Å². The fourth-order valence-electron chi connectivity index (χ4n) is 2.95. The van der Waals surface area contributed by atoms with Gasteiger partial charge in [0.25, 0.3) is 5.91 Å². The minimum Gasteiger partial charge on any atom is -0.492 e. The molecular formula is C23H26N4O2. The lowest BCUT2D eigenvalue weighted by molar-refractivity contribution is 0.102. The van der Waals surface area contributed by atoms with Gasteiger partial charge >= 0.3 is 0 Å². The van der Waals surface area contributed by atoms with Crippen molar-refractivity contribution < 1.29 is 9.53 Å². The molecule has 0 aliphatic heterocycles. The van der Waals surface area contributed by atoms with Crippen molar-refractivity contribution >= 4 is 23.2 Å². The van der Waals surface area contributed by atoms with E-state index < -0.39 is 0 Å². The first-order valence-corrected chi connectivity index (χ1v) is 9.61. The molecule has 0 aliphatic rings. The van der Waals surface area contributed by atoms with Gasteiger partial charge < -0.3 is 15.4 Å². The Labute approximate surface area is 171 Å². The van der Waals surface area contributed by atoms with Crippen LogP contribution in [0.3, 0.4) is 0 Å². The maximum absolute atomic E-state index is 12.8. The van der Waals surface area contributed by atoms with Gasteiger partial charge in [0.15, 0.2) is 0 Å². The second-order valence-corrected chi connectivity index (χ2v) is 7.57. The number of hydrogen-bond donors (Lipinski definition) is 2. The normalized spacial score (nSPS) is 11.0. The molecule has 1 aromatic heterocycles. The Morgan fingerprint density at radius 3 is 2.41 bits per heavy atom. The second-order valence-electron chi connectivity index (χ2n) is 7.57. The van der Waals surface area contributed by atoms with Gasteiger partial charge in [-0.1, -0.05) is 51.1 Å². The maximum atomic E-state index is 12.8. The van der Waals surface area contributed by atoms with E-state index in [1.807, 2.05) is 55.5 Å². The van der Waals surface area contributed by atoms with Gasteiger partial charge in [0.05, 0.1) is 12.3 Å². The van der Waals surface area contributed by atoms with E-state index in [2.05, 4.69) is 41.4 Å². The van der Waals surface area contributed by atoms with Crippen molar-refractivity contribution in [2.24, 2.45) is 0 Å². The van der Waals surface area contributed by atoms with Crippen molar-refractivity contribution in [1.29, 1.82) is 0 Å². The molecule has 0 aliphatic carbocycles. The number of amides is 1. The van der Waals surface area contributed by atoms with Crippen LogP contribution in [0, 0.1) is 0 Å². The number of nitrogens with one attached hydrogen (secondary N) is 2. The van der Waals surface area contributed by atoms with Crippen LogP contribution < -0.4 is 15.4 Å². The van der Waals surface area contributed by atoms with Crippen LogP contribution in [-0.4, -0.2) is 22.5 Å². The predicted molar refractivity (Wildman–Crippen MR) is 116 cm³/mol.